The number of fused-ring (bicyclic) bond motifs is 1. The third-order valence-corrected chi connectivity index (χ3v) is 7.81. The topological polar surface area (TPSA) is 84.9 Å². The number of ether oxygens (including phenoxy) is 2. The van der Waals surface area contributed by atoms with E-state index >= 15 is 0 Å². The van der Waals surface area contributed by atoms with Gasteiger partial charge in [0.2, 0.25) is 22.7 Å². The fraction of sp³-hybridized carbons (Fsp3) is 0.350. The molecule has 2 aromatic carbocycles. The molecule has 1 N–H and O–H groups in total. The number of rotatable bonds is 10. The lowest BCUT2D eigenvalue weighted by molar-refractivity contribution is -0.119. The highest BCUT2D eigenvalue weighted by Gasteiger charge is 2.25. The van der Waals surface area contributed by atoms with E-state index in [2.05, 4.69) is 5.32 Å². The number of sulfonamides is 1. The summed E-state index contributed by atoms with van der Waals surface area (Å²) in [5.41, 5.74) is 1.32. The molecule has 2 aromatic rings. The van der Waals surface area contributed by atoms with Crippen molar-refractivity contribution in [2.45, 2.75) is 12.7 Å². The standard InChI is InChI=1S/C20H22Cl2N2O5S2/c1-2-31(26,27)24(16-5-6-18-19(10-16)29-13-28-18)11-20(25)23-7-8-30-12-14-3-4-15(21)9-17(14)22/h3-6,9-10H,2,7-8,11-13H2,1H3,(H,23,25). The molecule has 0 atom stereocenters. The Hall–Kier alpha value is -1.81. The van der Waals surface area contributed by atoms with Crippen molar-refractivity contribution in [2.24, 2.45) is 0 Å². The predicted molar refractivity (Wildman–Crippen MR) is 125 cm³/mol. The van der Waals surface area contributed by atoms with Crippen molar-refractivity contribution < 1.29 is 22.7 Å². The molecule has 168 valence electrons. The maximum Gasteiger partial charge on any atom is 0.240 e. The zero-order chi connectivity index (χ0) is 22.4. The van der Waals surface area contributed by atoms with Gasteiger partial charge in [-0.2, -0.15) is 11.8 Å². The van der Waals surface area contributed by atoms with E-state index in [1.807, 2.05) is 6.07 Å². The van der Waals surface area contributed by atoms with E-state index in [1.165, 1.54) is 6.92 Å². The van der Waals surface area contributed by atoms with Crippen molar-refractivity contribution in [3.8, 4) is 11.5 Å². The summed E-state index contributed by atoms with van der Waals surface area (Å²) in [6, 6.07) is 10.1. The van der Waals surface area contributed by atoms with Gasteiger partial charge < -0.3 is 14.8 Å². The van der Waals surface area contributed by atoms with E-state index in [4.69, 9.17) is 32.7 Å². The summed E-state index contributed by atoms with van der Waals surface area (Å²) in [4.78, 5) is 12.4. The Bertz CT molecular complexity index is 1050. The van der Waals surface area contributed by atoms with Gasteiger partial charge in [-0.15, -0.1) is 0 Å². The summed E-state index contributed by atoms with van der Waals surface area (Å²) < 4.78 is 36.8. The quantitative estimate of drug-likeness (QED) is 0.493. The number of thioether (sulfide) groups is 1. The van der Waals surface area contributed by atoms with E-state index in [0.29, 0.717) is 45.3 Å². The normalized spacial score (nSPS) is 12.6. The minimum absolute atomic E-state index is 0.0820. The van der Waals surface area contributed by atoms with E-state index in [0.717, 1.165) is 9.87 Å². The van der Waals surface area contributed by atoms with Crippen LogP contribution in [0, 0.1) is 0 Å². The summed E-state index contributed by atoms with van der Waals surface area (Å²) in [7, 11) is -3.66. The van der Waals surface area contributed by atoms with Crippen molar-refractivity contribution in [2.75, 3.05) is 35.7 Å². The van der Waals surface area contributed by atoms with Crippen molar-refractivity contribution in [3.63, 3.8) is 0 Å². The van der Waals surface area contributed by atoms with E-state index in [-0.39, 0.29) is 25.0 Å². The number of anilines is 1. The average Bonchev–Trinajstić information content (AvgIpc) is 3.21. The molecule has 0 aliphatic carbocycles. The van der Waals surface area contributed by atoms with Crippen molar-refractivity contribution in [1.29, 1.82) is 0 Å². The van der Waals surface area contributed by atoms with Gasteiger partial charge in [-0.1, -0.05) is 29.3 Å². The second kappa shape index (κ2) is 10.7. The Morgan fingerprint density at radius 1 is 1.16 bits per heavy atom. The molecule has 0 unspecified atom stereocenters. The molecule has 7 nitrogen and oxygen atoms in total. The number of hydrogen-bond acceptors (Lipinski definition) is 6. The van der Waals surface area contributed by atoms with Gasteiger partial charge in [-0.05, 0) is 36.8 Å². The van der Waals surface area contributed by atoms with Crippen molar-refractivity contribution in [3.05, 3.63) is 52.0 Å². The molecule has 0 fully saturated rings. The summed E-state index contributed by atoms with van der Waals surface area (Å²) >= 11 is 13.6. The van der Waals surface area contributed by atoms with Gasteiger partial charge in [0.25, 0.3) is 0 Å². The van der Waals surface area contributed by atoms with Crippen LogP contribution in [0.5, 0.6) is 11.5 Å². The maximum absolute atomic E-state index is 12.6. The van der Waals surface area contributed by atoms with Crippen LogP contribution >= 0.6 is 35.0 Å². The van der Waals surface area contributed by atoms with Gasteiger partial charge >= 0.3 is 0 Å². The smallest absolute Gasteiger partial charge is 0.240 e. The van der Waals surface area contributed by atoms with E-state index in [9.17, 15) is 13.2 Å². The number of benzene rings is 2. The molecule has 0 spiro atoms. The lowest BCUT2D eigenvalue weighted by Gasteiger charge is -2.23. The minimum atomic E-state index is -3.66. The van der Waals surface area contributed by atoms with Gasteiger partial charge in [-0.3, -0.25) is 9.10 Å². The SMILES string of the molecule is CCS(=O)(=O)N(CC(=O)NCCSCc1ccc(Cl)cc1Cl)c1ccc2c(c1)OCO2. The lowest BCUT2D eigenvalue weighted by atomic mass is 10.2. The lowest BCUT2D eigenvalue weighted by Crippen LogP contribution is -2.42. The molecule has 1 aliphatic heterocycles. The molecule has 31 heavy (non-hydrogen) atoms. The van der Waals surface area contributed by atoms with Crippen LogP contribution in [-0.4, -0.2) is 45.7 Å². The number of hydrogen-bond donors (Lipinski definition) is 1. The maximum atomic E-state index is 12.6. The third-order valence-electron chi connectivity index (χ3n) is 4.47. The van der Waals surface area contributed by atoms with Crippen LogP contribution < -0.4 is 19.1 Å². The number of carbonyl (C=O) groups excluding carboxylic acids is 1. The molecule has 1 amide bonds. The van der Waals surface area contributed by atoms with Crippen LogP contribution in [0.15, 0.2) is 36.4 Å². The first-order chi connectivity index (χ1) is 14.8. The molecule has 0 bridgehead atoms. The second-order valence-corrected chi connectivity index (χ2v) is 10.7. The number of halogens is 2. The summed E-state index contributed by atoms with van der Waals surface area (Å²) in [6.45, 7) is 1.70. The number of amides is 1. The first kappa shape index (κ1) is 23.8. The van der Waals surface area contributed by atoms with Gasteiger partial charge in [0.1, 0.15) is 6.54 Å². The Kier molecular flexibility index (Phi) is 8.21. The van der Waals surface area contributed by atoms with Crippen LogP contribution in [0.4, 0.5) is 5.69 Å². The molecule has 0 saturated heterocycles. The number of nitrogens with one attached hydrogen (secondary N) is 1. The van der Waals surface area contributed by atoms with Gasteiger partial charge in [0, 0.05) is 34.2 Å². The van der Waals surface area contributed by atoms with E-state index in [1.54, 1.807) is 42.1 Å². The van der Waals surface area contributed by atoms with Crippen molar-refractivity contribution >= 4 is 56.6 Å². The third kappa shape index (κ3) is 6.35. The largest absolute Gasteiger partial charge is 0.454 e. The summed E-state index contributed by atoms with van der Waals surface area (Å²) in [5.74, 6) is 1.80. The predicted octanol–water partition coefficient (Wildman–Crippen LogP) is 3.93. The Morgan fingerprint density at radius 3 is 2.68 bits per heavy atom. The molecule has 1 heterocycles. The molecular weight excluding hydrogens is 483 g/mol. The number of nitrogens with zero attached hydrogens (tertiary/aromatic N) is 1. The highest BCUT2D eigenvalue weighted by Crippen LogP contribution is 2.36. The summed E-state index contributed by atoms with van der Waals surface area (Å²) in [6.07, 6.45) is 0. The van der Waals surface area contributed by atoms with Crippen molar-refractivity contribution in [1.82, 2.24) is 5.32 Å². The zero-order valence-corrected chi connectivity index (χ0v) is 19.9. The highest BCUT2D eigenvalue weighted by atomic mass is 35.5. The zero-order valence-electron chi connectivity index (χ0n) is 16.8. The molecule has 0 aromatic heterocycles. The second-order valence-electron chi connectivity index (χ2n) is 6.58. The average molecular weight is 505 g/mol. The van der Waals surface area contributed by atoms with Crippen LogP contribution in [0.3, 0.4) is 0 Å². The van der Waals surface area contributed by atoms with Gasteiger partial charge in [0.05, 0.1) is 11.4 Å². The van der Waals surface area contributed by atoms with Crippen LogP contribution in [-0.2, 0) is 20.6 Å². The van der Waals surface area contributed by atoms with Crippen LogP contribution in [0.2, 0.25) is 10.0 Å². The molecule has 0 radical (unpaired) electrons. The van der Waals surface area contributed by atoms with Gasteiger partial charge in [-0.25, -0.2) is 8.42 Å². The van der Waals surface area contributed by atoms with Crippen LogP contribution in [0.1, 0.15) is 12.5 Å². The number of carbonyl (C=O) groups is 1. The van der Waals surface area contributed by atoms with E-state index < -0.39 is 10.0 Å². The fourth-order valence-corrected chi connectivity index (χ4v) is 5.29. The first-order valence-electron chi connectivity index (χ1n) is 9.48. The highest BCUT2D eigenvalue weighted by molar-refractivity contribution is 7.98. The monoisotopic (exact) mass is 504 g/mol. The minimum Gasteiger partial charge on any atom is -0.454 e. The molecule has 3 rings (SSSR count). The Balaban J connectivity index is 1.53. The fourth-order valence-electron chi connectivity index (χ4n) is 2.82. The molecule has 0 saturated carbocycles. The van der Waals surface area contributed by atoms with Gasteiger partial charge in [0.15, 0.2) is 11.5 Å². The first-order valence-corrected chi connectivity index (χ1v) is 13.0. The Morgan fingerprint density at radius 2 is 1.94 bits per heavy atom. The molecule has 1 aliphatic rings. The van der Waals surface area contributed by atoms with Crippen LogP contribution in [0.25, 0.3) is 0 Å². The Labute approximate surface area is 196 Å². The molecule has 11 heteroatoms. The summed E-state index contributed by atoms with van der Waals surface area (Å²) in [5, 5.41) is 3.95. The molecular formula is C20H22Cl2N2O5S2.